The molecule has 0 bridgehead atoms. The first kappa shape index (κ1) is 12.6. The van der Waals surface area contributed by atoms with Crippen LogP contribution in [0.25, 0.3) is 0 Å². The van der Waals surface area contributed by atoms with Crippen molar-refractivity contribution in [2.24, 2.45) is 0 Å². The van der Waals surface area contributed by atoms with Gasteiger partial charge in [-0.2, -0.15) is 0 Å². The van der Waals surface area contributed by atoms with Crippen LogP contribution in [0.2, 0.25) is 0 Å². The van der Waals surface area contributed by atoms with E-state index in [1.54, 1.807) is 0 Å². The Morgan fingerprint density at radius 2 is 2.17 bits per heavy atom. The van der Waals surface area contributed by atoms with Crippen LogP contribution < -0.4 is 0 Å². The molecular weight excluding hydrogens is 244 g/mol. The van der Waals surface area contributed by atoms with Gasteiger partial charge in [0.1, 0.15) is 11.6 Å². The van der Waals surface area contributed by atoms with Crippen molar-refractivity contribution in [3.05, 3.63) is 57.7 Å². The van der Waals surface area contributed by atoms with Crippen molar-refractivity contribution in [1.82, 2.24) is 0 Å². The van der Waals surface area contributed by atoms with Crippen LogP contribution in [0.15, 0.2) is 30.4 Å². The minimum absolute atomic E-state index is 0.105. The number of nitrogens with zero attached hydrogens (tertiary/aromatic N) is 1. The highest BCUT2D eigenvalue weighted by Gasteiger charge is 2.39. The zero-order valence-electron chi connectivity index (χ0n) is 9.44. The van der Waals surface area contributed by atoms with E-state index in [1.807, 2.05) is 0 Å². The number of hydrogen-bond acceptors (Lipinski definition) is 3. The molecule has 0 amide bonds. The molecule has 0 saturated carbocycles. The first-order chi connectivity index (χ1) is 8.49. The van der Waals surface area contributed by atoms with Crippen LogP contribution in [0, 0.1) is 21.7 Å². The number of benzene rings is 1. The predicted octanol–water partition coefficient (Wildman–Crippen LogP) is 2.63. The number of halogens is 2. The van der Waals surface area contributed by atoms with Crippen LogP contribution in [-0.4, -0.2) is 17.6 Å². The maximum absolute atomic E-state index is 13.6. The Morgan fingerprint density at radius 3 is 2.83 bits per heavy atom. The smallest absolute Gasteiger partial charge is 0.246 e. The van der Waals surface area contributed by atoms with E-state index in [1.165, 1.54) is 0 Å². The lowest BCUT2D eigenvalue weighted by Gasteiger charge is -2.27. The highest BCUT2D eigenvalue weighted by molar-refractivity contribution is 5.24. The van der Waals surface area contributed by atoms with E-state index in [0.29, 0.717) is 5.57 Å². The van der Waals surface area contributed by atoms with Crippen LogP contribution in [0.5, 0.6) is 0 Å². The molecule has 1 saturated heterocycles. The van der Waals surface area contributed by atoms with Crippen molar-refractivity contribution in [2.75, 3.05) is 6.61 Å². The molecule has 1 aromatic rings. The second-order valence-corrected chi connectivity index (χ2v) is 4.20. The topological polar surface area (TPSA) is 52.4 Å². The van der Waals surface area contributed by atoms with Crippen molar-refractivity contribution in [2.45, 2.75) is 18.6 Å². The summed E-state index contributed by atoms with van der Waals surface area (Å²) in [6.07, 6.45) is -0.977. The molecule has 1 heterocycles. The van der Waals surface area contributed by atoms with Crippen LogP contribution in [-0.2, 0) is 4.74 Å². The van der Waals surface area contributed by atoms with Gasteiger partial charge in [-0.25, -0.2) is 8.78 Å². The van der Waals surface area contributed by atoms with Gasteiger partial charge in [0.05, 0.1) is 6.61 Å². The van der Waals surface area contributed by atoms with Gasteiger partial charge in [-0.3, -0.25) is 10.1 Å². The van der Waals surface area contributed by atoms with Crippen LogP contribution in [0.4, 0.5) is 8.78 Å². The lowest BCUT2D eigenvalue weighted by molar-refractivity contribution is -0.539. The van der Waals surface area contributed by atoms with E-state index >= 15 is 0 Å². The number of ether oxygens (including phenoxy) is 1. The molecule has 2 rings (SSSR count). The SMILES string of the molecule is C=C1CO[C@@H](c2cc(F)ccc2F)[C@H]([N+](=O)[O-])C1. The van der Waals surface area contributed by atoms with Crippen LogP contribution >= 0.6 is 0 Å². The Morgan fingerprint density at radius 1 is 1.44 bits per heavy atom. The third kappa shape index (κ3) is 2.38. The fourth-order valence-electron chi connectivity index (χ4n) is 2.00. The van der Waals surface area contributed by atoms with E-state index < -0.39 is 28.7 Å². The Hall–Kier alpha value is -1.82. The largest absolute Gasteiger partial charge is 0.362 e. The van der Waals surface area contributed by atoms with Gasteiger partial charge in [-0.15, -0.1) is 0 Å². The highest BCUT2D eigenvalue weighted by Crippen LogP contribution is 2.33. The lowest BCUT2D eigenvalue weighted by atomic mass is 9.94. The summed E-state index contributed by atoms with van der Waals surface area (Å²) in [5, 5.41) is 10.9. The first-order valence-corrected chi connectivity index (χ1v) is 5.35. The third-order valence-electron chi connectivity index (χ3n) is 2.85. The summed E-state index contributed by atoms with van der Waals surface area (Å²) in [4.78, 5) is 10.4. The van der Waals surface area contributed by atoms with Gasteiger partial charge in [0.15, 0.2) is 6.10 Å². The van der Waals surface area contributed by atoms with Gasteiger partial charge in [0.25, 0.3) is 0 Å². The number of nitro groups is 1. The van der Waals surface area contributed by atoms with Gasteiger partial charge < -0.3 is 4.74 Å². The average molecular weight is 255 g/mol. The van der Waals surface area contributed by atoms with Gasteiger partial charge >= 0.3 is 0 Å². The molecule has 1 fully saturated rings. The van der Waals surface area contributed by atoms with Gasteiger partial charge in [0, 0.05) is 16.9 Å². The van der Waals surface area contributed by atoms with Crippen molar-refractivity contribution in [3.8, 4) is 0 Å². The Bertz CT molecular complexity index is 504. The van der Waals surface area contributed by atoms with Crippen molar-refractivity contribution >= 4 is 0 Å². The predicted molar refractivity (Wildman–Crippen MR) is 59.6 cm³/mol. The van der Waals surface area contributed by atoms with E-state index in [0.717, 1.165) is 18.2 Å². The molecule has 1 aliphatic heterocycles. The minimum atomic E-state index is -1.14. The average Bonchev–Trinajstić information content (AvgIpc) is 2.32. The van der Waals surface area contributed by atoms with Crippen molar-refractivity contribution in [3.63, 3.8) is 0 Å². The Kier molecular flexibility index (Phi) is 3.38. The van der Waals surface area contributed by atoms with Gasteiger partial charge in [0.2, 0.25) is 6.04 Å². The van der Waals surface area contributed by atoms with Crippen LogP contribution in [0.3, 0.4) is 0 Å². The first-order valence-electron chi connectivity index (χ1n) is 5.35. The van der Waals surface area contributed by atoms with E-state index in [4.69, 9.17) is 4.74 Å². The third-order valence-corrected chi connectivity index (χ3v) is 2.85. The molecule has 4 nitrogen and oxygen atoms in total. The Balaban J connectivity index is 2.38. The van der Waals surface area contributed by atoms with E-state index in [9.17, 15) is 18.9 Å². The summed E-state index contributed by atoms with van der Waals surface area (Å²) in [7, 11) is 0. The Labute approximate surface area is 102 Å². The standard InChI is InChI=1S/C12H11F2NO3/c1-7-4-11(15(16)17)12(18-6-7)9-5-8(13)2-3-10(9)14/h2-3,5,11-12H,1,4,6H2/t11-,12+/m1/s1. The molecule has 1 aromatic carbocycles. The molecule has 0 radical (unpaired) electrons. The van der Waals surface area contributed by atoms with Crippen molar-refractivity contribution < 1.29 is 18.4 Å². The minimum Gasteiger partial charge on any atom is -0.362 e. The zero-order valence-corrected chi connectivity index (χ0v) is 9.44. The highest BCUT2D eigenvalue weighted by atomic mass is 19.1. The molecule has 2 atom stereocenters. The lowest BCUT2D eigenvalue weighted by Crippen LogP contribution is -2.35. The molecule has 1 aliphatic rings. The molecule has 6 heteroatoms. The summed E-state index contributed by atoms with van der Waals surface area (Å²) < 4.78 is 31.9. The molecule has 0 unspecified atom stereocenters. The second kappa shape index (κ2) is 4.81. The normalized spacial score (nSPS) is 24.0. The second-order valence-electron chi connectivity index (χ2n) is 4.20. The fraction of sp³-hybridized carbons (Fsp3) is 0.333. The summed E-state index contributed by atoms with van der Waals surface area (Å²) in [5.74, 6) is -1.36. The summed E-state index contributed by atoms with van der Waals surface area (Å²) in [5.41, 5.74) is 0.453. The van der Waals surface area contributed by atoms with E-state index in [2.05, 4.69) is 6.58 Å². The van der Waals surface area contributed by atoms with Gasteiger partial charge in [-0.05, 0) is 23.8 Å². The summed E-state index contributed by atoms with van der Waals surface area (Å²) in [6.45, 7) is 3.73. The maximum Gasteiger partial charge on any atom is 0.246 e. The molecule has 0 aliphatic carbocycles. The maximum atomic E-state index is 13.6. The molecule has 96 valence electrons. The van der Waals surface area contributed by atoms with Crippen LogP contribution in [0.1, 0.15) is 18.1 Å². The zero-order chi connectivity index (χ0) is 13.3. The monoisotopic (exact) mass is 255 g/mol. The summed E-state index contributed by atoms with van der Waals surface area (Å²) in [6, 6.07) is 1.70. The van der Waals surface area contributed by atoms with E-state index in [-0.39, 0.29) is 18.6 Å². The molecule has 18 heavy (non-hydrogen) atoms. The molecule has 0 aromatic heterocycles. The molecule has 0 spiro atoms. The molecular formula is C12H11F2NO3. The van der Waals surface area contributed by atoms with Crippen molar-refractivity contribution in [1.29, 1.82) is 0 Å². The number of rotatable bonds is 2. The van der Waals surface area contributed by atoms with Gasteiger partial charge in [-0.1, -0.05) is 6.58 Å². The fourth-order valence-corrected chi connectivity index (χ4v) is 2.00. The number of hydrogen-bond donors (Lipinski definition) is 0. The quantitative estimate of drug-likeness (QED) is 0.463. The summed E-state index contributed by atoms with van der Waals surface area (Å²) >= 11 is 0. The molecule has 0 N–H and O–H groups in total.